The van der Waals surface area contributed by atoms with Crippen LogP contribution < -0.4 is 15.4 Å². The van der Waals surface area contributed by atoms with Crippen LogP contribution >= 0.6 is 0 Å². The fourth-order valence-electron chi connectivity index (χ4n) is 3.42. The summed E-state index contributed by atoms with van der Waals surface area (Å²) in [4.78, 5) is 23.5. The number of ether oxygens (including phenoxy) is 1. The van der Waals surface area contributed by atoms with Gasteiger partial charge in [-0.05, 0) is 48.6 Å². The summed E-state index contributed by atoms with van der Waals surface area (Å²) in [6.07, 6.45) is 3.36. The number of rotatable bonds is 9. The van der Waals surface area contributed by atoms with E-state index in [0.717, 1.165) is 29.8 Å². The molecule has 3 rings (SSSR count). The standard InChI is InChI=1S/C23H28N2O3/c1-2-17(18-7-4-3-5-8-18)16-24-22(26)9-6-14-28-20-11-12-21-19(15-20)10-13-23(27)25-21/h3-5,7-8,11-12,15,17H,2,6,9-10,13-14,16H2,1H3,(H,24,26)(H,25,27). The maximum absolute atomic E-state index is 12.1. The molecule has 1 atom stereocenters. The van der Waals surface area contributed by atoms with Crippen LogP contribution in [0.3, 0.4) is 0 Å². The second-order valence-electron chi connectivity index (χ2n) is 7.14. The molecule has 5 heteroatoms. The Morgan fingerprint density at radius 3 is 2.79 bits per heavy atom. The van der Waals surface area contributed by atoms with Crippen LogP contribution in [0.2, 0.25) is 0 Å². The van der Waals surface area contributed by atoms with Gasteiger partial charge in [-0.3, -0.25) is 9.59 Å². The van der Waals surface area contributed by atoms with E-state index >= 15 is 0 Å². The molecule has 2 N–H and O–H groups in total. The molecule has 2 aromatic carbocycles. The number of hydrogen-bond acceptors (Lipinski definition) is 3. The molecule has 0 spiro atoms. The van der Waals surface area contributed by atoms with E-state index in [2.05, 4.69) is 29.7 Å². The monoisotopic (exact) mass is 380 g/mol. The van der Waals surface area contributed by atoms with E-state index in [0.29, 0.717) is 38.3 Å². The van der Waals surface area contributed by atoms with Crippen molar-refractivity contribution in [2.75, 3.05) is 18.5 Å². The zero-order chi connectivity index (χ0) is 19.8. The maximum Gasteiger partial charge on any atom is 0.224 e. The van der Waals surface area contributed by atoms with Gasteiger partial charge in [0, 0.05) is 31.0 Å². The van der Waals surface area contributed by atoms with Gasteiger partial charge in [-0.2, -0.15) is 0 Å². The van der Waals surface area contributed by atoms with Crippen molar-refractivity contribution in [3.63, 3.8) is 0 Å². The van der Waals surface area contributed by atoms with Crippen LogP contribution in [-0.2, 0) is 16.0 Å². The molecular formula is C23H28N2O3. The molecule has 0 bridgehead atoms. The lowest BCUT2D eigenvalue weighted by molar-refractivity contribution is -0.121. The maximum atomic E-state index is 12.1. The highest BCUT2D eigenvalue weighted by Gasteiger charge is 2.15. The average molecular weight is 380 g/mol. The Hall–Kier alpha value is -2.82. The zero-order valence-corrected chi connectivity index (χ0v) is 16.4. The van der Waals surface area contributed by atoms with Crippen LogP contribution in [0.15, 0.2) is 48.5 Å². The van der Waals surface area contributed by atoms with E-state index in [4.69, 9.17) is 4.74 Å². The number of aryl methyl sites for hydroxylation is 1. The van der Waals surface area contributed by atoms with E-state index in [1.54, 1.807) is 0 Å². The molecule has 0 aromatic heterocycles. The van der Waals surface area contributed by atoms with Crippen molar-refractivity contribution >= 4 is 17.5 Å². The first-order valence-corrected chi connectivity index (χ1v) is 10.0. The first-order chi connectivity index (χ1) is 13.7. The van der Waals surface area contributed by atoms with Gasteiger partial charge in [0.1, 0.15) is 5.75 Å². The normalized spacial score (nSPS) is 14.0. The minimum Gasteiger partial charge on any atom is -0.494 e. The molecule has 28 heavy (non-hydrogen) atoms. The molecule has 1 aliphatic heterocycles. The highest BCUT2D eigenvalue weighted by Crippen LogP contribution is 2.26. The molecule has 0 aliphatic carbocycles. The summed E-state index contributed by atoms with van der Waals surface area (Å²) in [6, 6.07) is 16.0. The number of carbonyl (C=O) groups is 2. The second kappa shape index (κ2) is 9.93. The number of benzene rings is 2. The molecule has 0 radical (unpaired) electrons. The van der Waals surface area contributed by atoms with Gasteiger partial charge in [-0.1, -0.05) is 37.3 Å². The van der Waals surface area contributed by atoms with Gasteiger partial charge in [-0.25, -0.2) is 0 Å². The summed E-state index contributed by atoms with van der Waals surface area (Å²) in [5.41, 5.74) is 3.23. The van der Waals surface area contributed by atoms with Crippen molar-refractivity contribution in [3.8, 4) is 5.75 Å². The lowest BCUT2D eigenvalue weighted by Gasteiger charge is -2.18. The van der Waals surface area contributed by atoms with E-state index in [-0.39, 0.29) is 11.8 Å². The first-order valence-electron chi connectivity index (χ1n) is 10.0. The van der Waals surface area contributed by atoms with Crippen molar-refractivity contribution < 1.29 is 14.3 Å². The summed E-state index contributed by atoms with van der Waals surface area (Å²) in [7, 11) is 0. The van der Waals surface area contributed by atoms with Gasteiger partial charge in [0.25, 0.3) is 0 Å². The van der Waals surface area contributed by atoms with E-state index in [1.807, 2.05) is 36.4 Å². The fraction of sp³-hybridized carbons (Fsp3) is 0.391. The van der Waals surface area contributed by atoms with Crippen molar-refractivity contribution in [2.24, 2.45) is 0 Å². The predicted octanol–water partition coefficient (Wildman–Crippen LogP) is 4.04. The van der Waals surface area contributed by atoms with Gasteiger partial charge in [0.2, 0.25) is 11.8 Å². The molecule has 0 saturated heterocycles. The Balaban J connectivity index is 1.37. The average Bonchev–Trinajstić information content (AvgIpc) is 2.72. The minimum absolute atomic E-state index is 0.0600. The van der Waals surface area contributed by atoms with Crippen LogP contribution in [0.25, 0.3) is 0 Å². The predicted molar refractivity (Wildman–Crippen MR) is 111 cm³/mol. The Bertz CT molecular complexity index is 805. The summed E-state index contributed by atoms with van der Waals surface area (Å²) < 4.78 is 5.77. The minimum atomic E-state index is 0.0600. The third-order valence-electron chi connectivity index (χ3n) is 5.10. The number of hydrogen-bond donors (Lipinski definition) is 2. The van der Waals surface area contributed by atoms with Crippen LogP contribution in [0.1, 0.15) is 49.7 Å². The molecule has 0 saturated carbocycles. The molecule has 5 nitrogen and oxygen atoms in total. The fourth-order valence-corrected chi connectivity index (χ4v) is 3.42. The van der Waals surface area contributed by atoms with Crippen molar-refractivity contribution in [3.05, 3.63) is 59.7 Å². The quantitative estimate of drug-likeness (QED) is 0.645. The Morgan fingerprint density at radius 1 is 1.18 bits per heavy atom. The smallest absolute Gasteiger partial charge is 0.224 e. The molecule has 1 unspecified atom stereocenters. The third-order valence-corrected chi connectivity index (χ3v) is 5.10. The van der Waals surface area contributed by atoms with Crippen LogP contribution in [0.4, 0.5) is 5.69 Å². The Morgan fingerprint density at radius 2 is 2.00 bits per heavy atom. The zero-order valence-electron chi connectivity index (χ0n) is 16.4. The summed E-state index contributed by atoms with van der Waals surface area (Å²) >= 11 is 0. The van der Waals surface area contributed by atoms with Crippen molar-refractivity contribution in [1.82, 2.24) is 5.32 Å². The lowest BCUT2D eigenvalue weighted by atomic mass is 9.96. The van der Waals surface area contributed by atoms with Gasteiger partial charge in [-0.15, -0.1) is 0 Å². The molecule has 2 amide bonds. The van der Waals surface area contributed by atoms with Gasteiger partial charge in [0.15, 0.2) is 0 Å². The summed E-state index contributed by atoms with van der Waals surface area (Å²) in [6.45, 7) is 3.30. The Kier molecular flexibility index (Phi) is 7.06. The summed E-state index contributed by atoms with van der Waals surface area (Å²) in [5, 5.41) is 5.90. The molecule has 148 valence electrons. The lowest BCUT2D eigenvalue weighted by Crippen LogP contribution is -2.28. The number of fused-ring (bicyclic) bond motifs is 1. The van der Waals surface area contributed by atoms with Gasteiger partial charge < -0.3 is 15.4 Å². The van der Waals surface area contributed by atoms with Gasteiger partial charge in [0.05, 0.1) is 6.61 Å². The number of nitrogens with one attached hydrogen (secondary N) is 2. The van der Waals surface area contributed by atoms with Crippen LogP contribution in [-0.4, -0.2) is 25.0 Å². The molecule has 0 fully saturated rings. The third kappa shape index (κ3) is 5.59. The highest BCUT2D eigenvalue weighted by atomic mass is 16.5. The van der Waals surface area contributed by atoms with Crippen molar-refractivity contribution in [2.45, 2.75) is 44.9 Å². The van der Waals surface area contributed by atoms with E-state index in [9.17, 15) is 9.59 Å². The molecular weight excluding hydrogens is 352 g/mol. The molecule has 1 heterocycles. The first kappa shape index (κ1) is 19.9. The van der Waals surface area contributed by atoms with Crippen LogP contribution in [0, 0.1) is 0 Å². The second-order valence-corrected chi connectivity index (χ2v) is 7.14. The molecule has 2 aromatic rings. The van der Waals surface area contributed by atoms with E-state index < -0.39 is 0 Å². The largest absolute Gasteiger partial charge is 0.494 e. The van der Waals surface area contributed by atoms with Crippen molar-refractivity contribution in [1.29, 1.82) is 0 Å². The topological polar surface area (TPSA) is 67.4 Å². The molecule has 1 aliphatic rings. The number of amides is 2. The SMILES string of the molecule is CCC(CNC(=O)CCCOc1ccc2c(c1)CCC(=O)N2)c1ccccc1. The number of carbonyl (C=O) groups excluding carboxylic acids is 2. The highest BCUT2D eigenvalue weighted by molar-refractivity contribution is 5.94. The van der Waals surface area contributed by atoms with Gasteiger partial charge >= 0.3 is 0 Å². The summed E-state index contributed by atoms with van der Waals surface area (Å²) in [5.74, 6) is 1.25. The van der Waals surface area contributed by atoms with E-state index in [1.165, 1.54) is 5.56 Å². The van der Waals surface area contributed by atoms with Crippen LogP contribution in [0.5, 0.6) is 5.75 Å². The number of anilines is 1. The Labute approximate surface area is 166 Å².